The number of hydrogen-bond donors (Lipinski definition) is 0. The van der Waals surface area contributed by atoms with Crippen molar-refractivity contribution >= 4 is 33.9 Å². The molecule has 1 aromatic carbocycles. The molecule has 0 radical (unpaired) electrons. The molecule has 0 unspecified atom stereocenters. The molecular formula is C10H7IS. The summed E-state index contributed by atoms with van der Waals surface area (Å²) in [6.45, 7) is 0. The van der Waals surface area contributed by atoms with Gasteiger partial charge >= 0.3 is 0 Å². The fraction of sp³-hybridized carbons (Fsp3) is 0. The first-order valence-electron chi connectivity index (χ1n) is 3.65. The first-order valence-corrected chi connectivity index (χ1v) is 5.67. The summed E-state index contributed by atoms with van der Waals surface area (Å²) in [4.78, 5) is 0. The summed E-state index contributed by atoms with van der Waals surface area (Å²) in [5, 5.41) is 4.36. The summed E-state index contributed by atoms with van der Waals surface area (Å²) < 4.78 is 1.34. The van der Waals surface area contributed by atoms with Gasteiger partial charge in [0.25, 0.3) is 0 Å². The molecule has 0 aliphatic heterocycles. The first kappa shape index (κ1) is 8.26. The van der Waals surface area contributed by atoms with Crippen LogP contribution in [0.1, 0.15) is 0 Å². The summed E-state index contributed by atoms with van der Waals surface area (Å²) in [5.41, 5.74) is 2.66. The zero-order valence-electron chi connectivity index (χ0n) is 6.33. The molecular weight excluding hydrogens is 279 g/mol. The Morgan fingerprint density at radius 1 is 1.00 bits per heavy atom. The average Bonchev–Trinajstić information content (AvgIpc) is 2.53. The van der Waals surface area contributed by atoms with Gasteiger partial charge in [0.2, 0.25) is 0 Å². The highest BCUT2D eigenvalue weighted by atomic mass is 127. The first-order chi connectivity index (χ1) is 5.88. The Morgan fingerprint density at radius 3 is 2.33 bits per heavy atom. The van der Waals surface area contributed by atoms with Crippen LogP contribution in [0.2, 0.25) is 0 Å². The zero-order valence-corrected chi connectivity index (χ0v) is 9.30. The third kappa shape index (κ3) is 1.54. The van der Waals surface area contributed by atoms with Gasteiger partial charge in [-0.2, -0.15) is 11.3 Å². The molecule has 0 spiro atoms. The molecule has 0 nitrogen and oxygen atoms in total. The van der Waals surface area contributed by atoms with Gasteiger partial charge in [0.05, 0.1) is 0 Å². The van der Waals surface area contributed by atoms with Crippen molar-refractivity contribution in [2.24, 2.45) is 0 Å². The van der Waals surface area contributed by atoms with Crippen molar-refractivity contribution in [3.63, 3.8) is 0 Å². The molecule has 12 heavy (non-hydrogen) atoms. The Hall–Kier alpha value is -0.350. The van der Waals surface area contributed by atoms with Gasteiger partial charge in [-0.15, -0.1) is 0 Å². The van der Waals surface area contributed by atoms with E-state index in [0.717, 1.165) is 0 Å². The molecule has 60 valence electrons. The molecule has 1 heterocycles. The summed E-state index contributed by atoms with van der Waals surface area (Å²) in [6, 6.07) is 10.5. The predicted octanol–water partition coefficient (Wildman–Crippen LogP) is 4.02. The van der Waals surface area contributed by atoms with E-state index < -0.39 is 0 Å². The van der Waals surface area contributed by atoms with Crippen molar-refractivity contribution in [1.82, 2.24) is 0 Å². The third-order valence-corrected chi connectivity index (χ3v) is 3.76. The van der Waals surface area contributed by atoms with E-state index in [4.69, 9.17) is 0 Å². The van der Waals surface area contributed by atoms with E-state index >= 15 is 0 Å². The van der Waals surface area contributed by atoms with Crippen molar-refractivity contribution in [2.45, 2.75) is 0 Å². The molecule has 0 saturated carbocycles. The van der Waals surface area contributed by atoms with Crippen LogP contribution in [-0.4, -0.2) is 0 Å². The van der Waals surface area contributed by atoms with Crippen LogP contribution in [0.3, 0.4) is 0 Å². The van der Waals surface area contributed by atoms with Gasteiger partial charge in [-0.1, -0.05) is 30.3 Å². The molecule has 0 saturated heterocycles. The predicted molar refractivity (Wildman–Crippen MR) is 62.5 cm³/mol. The largest absolute Gasteiger partial charge is 0.151 e. The van der Waals surface area contributed by atoms with E-state index in [9.17, 15) is 0 Å². The van der Waals surface area contributed by atoms with Crippen LogP contribution in [0.15, 0.2) is 41.1 Å². The Morgan fingerprint density at radius 2 is 1.75 bits per heavy atom. The van der Waals surface area contributed by atoms with Crippen LogP contribution in [0.25, 0.3) is 11.1 Å². The van der Waals surface area contributed by atoms with Gasteiger partial charge in [-0.25, -0.2) is 0 Å². The lowest BCUT2D eigenvalue weighted by Crippen LogP contribution is -1.74. The topological polar surface area (TPSA) is 0 Å². The fourth-order valence-corrected chi connectivity index (χ4v) is 2.94. The quantitative estimate of drug-likeness (QED) is 0.695. The van der Waals surface area contributed by atoms with Crippen LogP contribution < -0.4 is 0 Å². The summed E-state index contributed by atoms with van der Waals surface area (Å²) in [6.07, 6.45) is 0. The minimum atomic E-state index is 1.31. The number of benzene rings is 1. The zero-order chi connectivity index (χ0) is 8.39. The fourth-order valence-electron chi connectivity index (χ4n) is 1.11. The van der Waals surface area contributed by atoms with Gasteiger partial charge in [-0.05, 0) is 33.5 Å². The van der Waals surface area contributed by atoms with Gasteiger partial charge in [0.15, 0.2) is 0 Å². The van der Waals surface area contributed by atoms with Crippen molar-refractivity contribution in [2.75, 3.05) is 0 Å². The van der Waals surface area contributed by atoms with E-state index in [-0.39, 0.29) is 0 Å². The van der Waals surface area contributed by atoms with Crippen LogP contribution in [0.5, 0.6) is 0 Å². The molecule has 0 aliphatic rings. The Labute approximate surface area is 89.4 Å². The van der Waals surface area contributed by atoms with E-state index in [1.165, 1.54) is 14.7 Å². The average molecular weight is 286 g/mol. The second kappa shape index (κ2) is 3.58. The lowest BCUT2D eigenvalue weighted by Gasteiger charge is -1.96. The summed E-state index contributed by atoms with van der Waals surface area (Å²) in [5.74, 6) is 0. The molecule has 0 fully saturated rings. The lowest BCUT2D eigenvalue weighted by molar-refractivity contribution is 1.66. The maximum atomic E-state index is 2.37. The molecule has 2 heteroatoms. The smallest absolute Gasteiger partial charge is 0.0315 e. The van der Waals surface area contributed by atoms with E-state index in [1.807, 2.05) is 6.07 Å². The molecule has 0 atom stereocenters. The van der Waals surface area contributed by atoms with Gasteiger partial charge in [-0.3, -0.25) is 0 Å². The minimum absolute atomic E-state index is 1.31. The van der Waals surface area contributed by atoms with Gasteiger partial charge in [0, 0.05) is 14.5 Å². The van der Waals surface area contributed by atoms with Crippen LogP contribution in [-0.2, 0) is 0 Å². The Bertz CT molecular complexity index is 364. The minimum Gasteiger partial charge on any atom is -0.151 e. The normalized spacial score (nSPS) is 10.1. The van der Waals surface area contributed by atoms with E-state index in [1.54, 1.807) is 11.3 Å². The second-order valence-electron chi connectivity index (χ2n) is 2.50. The molecule has 1 aromatic heterocycles. The highest BCUT2D eigenvalue weighted by molar-refractivity contribution is 14.1. The number of rotatable bonds is 1. The third-order valence-electron chi connectivity index (χ3n) is 1.70. The molecule has 0 amide bonds. The van der Waals surface area contributed by atoms with Crippen molar-refractivity contribution in [1.29, 1.82) is 0 Å². The molecule has 0 aliphatic carbocycles. The van der Waals surface area contributed by atoms with Crippen molar-refractivity contribution in [3.8, 4) is 11.1 Å². The Balaban J connectivity index is 2.51. The maximum Gasteiger partial charge on any atom is 0.0315 e. The second-order valence-corrected chi connectivity index (χ2v) is 4.41. The van der Waals surface area contributed by atoms with E-state index in [0.29, 0.717) is 0 Å². The van der Waals surface area contributed by atoms with Crippen LogP contribution >= 0.6 is 33.9 Å². The standard InChI is InChI=1S/C10H7IS/c11-10-7-12-6-9(10)8-4-2-1-3-5-8/h1-7H. The SMILES string of the molecule is Ic1cscc1-c1ccccc1. The molecule has 2 rings (SSSR count). The van der Waals surface area contributed by atoms with Crippen LogP contribution in [0, 0.1) is 3.57 Å². The maximum absolute atomic E-state index is 2.37. The lowest BCUT2D eigenvalue weighted by atomic mass is 10.1. The highest BCUT2D eigenvalue weighted by Crippen LogP contribution is 2.27. The number of halogens is 1. The molecule has 0 N–H and O–H groups in total. The van der Waals surface area contributed by atoms with Gasteiger partial charge in [0.1, 0.15) is 0 Å². The molecule has 0 bridgehead atoms. The Kier molecular flexibility index (Phi) is 2.46. The van der Waals surface area contributed by atoms with E-state index in [2.05, 4.69) is 57.6 Å². The summed E-state index contributed by atoms with van der Waals surface area (Å²) >= 11 is 4.12. The molecule has 2 aromatic rings. The monoisotopic (exact) mass is 286 g/mol. The van der Waals surface area contributed by atoms with Crippen LogP contribution in [0.4, 0.5) is 0 Å². The number of thiophene rings is 1. The van der Waals surface area contributed by atoms with Crippen molar-refractivity contribution in [3.05, 3.63) is 44.7 Å². The summed E-state index contributed by atoms with van der Waals surface area (Å²) in [7, 11) is 0. The van der Waals surface area contributed by atoms with Crippen molar-refractivity contribution < 1.29 is 0 Å². The number of hydrogen-bond acceptors (Lipinski definition) is 1. The highest BCUT2D eigenvalue weighted by Gasteiger charge is 2.01. The van der Waals surface area contributed by atoms with Gasteiger partial charge < -0.3 is 0 Å².